The SMILES string of the molecule is CC(C)=CCCC(C)=CCCC(C)=CCCC1(C)OCC(C)O1. The Balaban J connectivity index is 2.22. The fraction of sp³-hybridized carbons (Fsp3) is 0.714. The standard InChI is InChI=1S/C21H36O2/c1-17(2)10-7-11-18(3)12-8-13-19(4)14-9-15-21(6)22-16-20(5)23-21/h10,12,14,20H,7-9,11,13,15-16H2,1-6H3. The van der Waals surface area contributed by atoms with Crippen molar-refractivity contribution in [3.8, 4) is 0 Å². The van der Waals surface area contributed by atoms with Gasteiger partial charge in [-0.15, -0.1) is 0 Å². The lowest BCUT2D eigenvalue weighted by atomic mass is 10.0. The van der Waals surface area contributed by atoms with Crippen LogP contribution in [0.2, 0.25) is 0 Å². The summed E-state index contributed by atoms with van der Waals surface area (Å²) in [4.78, 5) is 0. The molecule has 0 aromatic rings. The van der Waals surface area contributed by atoms with Crippen LogP contribution in [0.25, 0.3) is 0 Å². The molecule has 0 N–H and O–H groups in total. The molecule has 2 nitrogen and oxygen atoms in total. The zero-order valence-corrected chi connectivity index (χ0v) is 16.1. The van der Waals surface area contributed by atoms with Crippen molar-refractivity contribution in [2.75, 3.05) is 6.61 Å². The average Bonchev–Trinajstić information content (AvgIpc) is 2.78. The lowest BCUT2D eigenvalue weighted by Crippen LogP contribution is -2.25. The van der Waals surface area contributed by atoms with Gasteiger partial charge in [0.05, 0.1) is 12.7 Å². The summed E-state index contributed by atoms with van der Waals surface area (Å²) in [5, 5.41) is 0. The molecule has 0 saturated carbocycles. The van der Waals surface area contributed by atoms with E-state index in [0.29, 0.717) is 0 Å². The van der Waals surface area contributed by atoms with Crippen molar-refractivity contribution in [1.29, 1.82) is 0 Å². The van der Waals surface area contributed by atoms with Crippen LogP contribution in [0.3, 0.4) is 0 Å². The molecular formula is C21H36O2. The number of ether oxygens (including phenoxy) is 2. The van der Waals surface area contributed by atoms with Crippen LogP contribution in [0.5, 0.6) is 0 Å². The predicted octanol–water partition coefficient (Wildman–Crippen LogP) is 6.34. The van der Waals surface area contributed by atoms with Crippen molar-refractivity contribution in [1.82, 2.24) is 0 Å². The zero-order chi connectivity index (χ0) is 17.3. The van der Waals surface area contributed by atoms with E-state index in [1.54, 1.807) is 0 Å². The molecule has 0 amide bonds. The molecule has 1 rings (SSSR count). The highest BCUT2D eigenvalue weighted by Gasteiger charge is 2.34. The molecule has 0 radical (unpaired) electrons. The highest BCUT2D eigenvalue weighted by atomic mass is 16.7. The Morgan fingerprint density at radius 3 is 2.04 bits per heavy atom. The van der Waals surface area contributed by atoms with Gasteiger partial charge in [-0.25, -0.2) is 0 Å². The molecule has 23 heavy (non-hydrogen) atoms. The molecule has 2 heteroatoms. The second-order valence-corrected chi connectivity index (χ2v) is 7.37. The third-order valence-corrected chi connectivity index (χ3v) is 4.29. The average molecular weight is 321 g/mol. The van der Waals surface area contributed by atoms with Gasteiger partial charge in [0.25, 0.3) is 0 Å². The number of allylic oxidation sites excluding steroid dienone is 6. The first kappa shape index (κ1) is 20.2. The van der Waals surface area contributed by atoms with Gasteiger partial charge in [-0.05, 0) is 73.6 Å². The van der Waals surface area contributed by atoms with Gasteiger partial charge in [0.15, 0.2) is 5.79 Å². The lowest BCUT2D eigenvalue weighted by molar-refractivity contribution is -0.155. The Morgan fingerprint density at radius 2 is 1.52 bits per heavy atom. The van der Waals surface area contributed by atoms with Crippen LogP contribution >= 0.6 is 0 Å². The molecule has 1 heterocycles. The molecule has 2 unspecified atom stereocenters. The predicted molar refractivity (Wildman–Crippen MR) is 99.6 cm³/mol. The van der Waals surface area contributed by atoms with E-state index in [1.807, 2.05) is 0 Å². The number of rotatable bonds is 9. The van der Waals surface area contributed by atoms with Gasteiger partial charge in [0.1, 0.15) is 0 Å². The largest absolute Gasteiger partial charge is 0.348 e. The van der Waals surface area contributed by atoms with Crippen molar-refractivity contribution in [3.05, 3.63) is 34.9 Å². The van der Waals surface area contributed by atoms with E-state index in [0.717, 1.165) is 38.7 Å². The molecule has 0 aliphatic carbocycles. The molecule has 1 saturated heterocycles. The summed E-state index contributed by atoms with van der Waals surface area (Å²) in [6.07, 6.45) is 13.9. The maximum atomic E-state index is 5.83. The van der Waals surface area contributed by atoms with Gasteiger partial charge in [0.2, 0.25) is 0 Å². The summed E-state index contributed by atoms with van der Waals surface area (Å²) in [5.74, 6) is -0.377. The van der Waals surface area contributed by atoms with E-state index in [-0.39, 0.29) is 11.9 Å². The molecule has 132 valence electrons. The Labute approximate surface area is 143 Å². The summed E-state index contributed by atoms with van der Waals surface area (Å²) in [6.45, 7) is 13.6. The first-order chi connectivity index (χ1) is 10.8. The minimum Gasteiger partial charge on any atom is -0.348 e. The number of hydrogen-bond donors (Lipinski definition) is 0. The summed E-state index contributed by atoms with van der Waals surface area (Å²) >= 11 is 0. The fourth-order valence-electron chi connectivity index (χ4n) is 2.84. The Morgan fingerprint density at radius 1 is 0.957 bits per heavy atom. The van der Waals surface area contributed by atoms with Crippen LogP contribution in [0.1, 0.15) is 80.1 Å². The molecule has 0 spiro atoms. The summed E-state index contributed by atoms with van der Waals surface area (Å²) in [5.41, 5.74) is 4.38. The Hall–Kier alpha value is -0.860. The van der Waals surface area contributed by atoms with Crippen LogP contribution in [0, 0.1) is 0 Å². The lowest BCUT2D eigenvalue weighted by Gasteiger charge is -2.22. The van der Waals surface area contributed by atoms with Gasteiger partial charge < -0.3 is 9.47 Å². The first-order valence-electron chi connectivity index (χ1n) is 9.07. The quantitative estimate of drug-likeness (QED) is 0.462. The topological polar surface area (TPSA) is 18.5 Å². The van der Waals surface area contributed by atoms with Crippen LogP contribution in [0.15, 0.2) is 34.9 Å². The van der Waals surface area contributed by atoms with Crippen LogP contribution in [0.4, 0.5) is 0 Å². The van der Waals surface area contributed by atoms with Gasteiger partial charge in [-0.1, -0.05) is 34.9 Å². The summed E-state index contributed by atoms with van der Waals surface area (Å²) in [6, 6.07) is 0. The second-order valence-electron chi connectivity index (χ2n) is 7.37. The molecule has 0 bridgehead atoms. The van der Waals surface area contributed by atoms with E-state index >= 15 is 0 Å². The van der Waals surface area contributed by atoms with E-state index in [2.05, 4.69) is 59.8 Å². The second kappa shape index (κ2) is 10.1. The normalized spacial score (nSPS) is 25.7. The van der Waals surface area contributed by atoms with Gasteiger partial charge in [0, 0.05) is 6.42 Å². The van der Waals surface area contributed by atoms with Crippen molar-refractivity contribution < 1.29 is 9.47 Å². The van der Waals surface area contributed by atoms with E-state index in [4.69, 9.17) is 9.47 Å². The van der Waals surface area contributed by atoms with Crippen molar-refractivity contribution >= 4 is 0 Å². The first-order valence-corrected chi connectivity index (χ1v) is 9.07. The van der Waals surface area contributed by atoms with Gasteiger partial charge in [-0.2, -0.15) is 0 Å². The van der Waals surface area contributed by atoms with Gasteiger partial charge >= 0.3 is 0 Å². The molecule has 1 fully saturated rings. The van der Waals surface area contributed by atoms with Crippen molar-refractivity contribution in [2.24, 2.45) is 0 Å². The van der Waals surface area contributed by atoms with E-state index in [1.165, 1.54) is 23.1 Å². The minimum absolute atomic E-state index is 0.226. The molecule has 1 aliphatic heterocycles. The summed E-state index contributed by atoms with van der Waals surface area (Å²) in [7, 11) is 0. The highest BCUT2D eigenvalue weighted by molar-refractivity contribution is 5.05. The maximum Gasteiger partial charge on any atom is 0.166 e. The monoisotopic (exact) mass is 320 g/mol. The molecular weight excluding hydrogens is 284 g/mol. The summed E-state index contributed by atoms with van der Waals surface area (Å²) < 4.78 is 11.6. The Kier molecular flexibility index (Phi) is 8.86. The van der Waals surface area contributed by atoms with Crippen molar-refractivity contribution in [2.45, 2.75) is 92.0 Å². The number of hydrogen-bond acceptors (Lipinski definition) is 2. The van der Waals surface area contributed by atoms with Crippen LogP contribution in [-0.4, -0.2) is 18.5 Å². The minimum atomic E-state index is -0.377. The molecule has 0 aromatic carbocycles. The highest BCUT2D eigenvalue weighted by Crippen LogP contribution is 2.28. The Bertz CT molecular complexity index is 441. The van der Waals surface area contributed by atoms with E-state index < -0.39 is 0 Å². The third kappa shape index (κ3) is 9.12. The fourth-order valence-corrected chi connectivity index (χ4v) is 2.84. The molecule has 2 atom stereocenters. The molecule has 1 aliphatic rings. The van der Waals surface area contributed by atoms with Gasteiger partial charge in [-0.3, -0.25) is 0 Å². The zero-order valence-electron chi connectivity index (χ0n) is 16.1. The van der Waals surface area contributed by atoms with E-state index in [9.17, 15) is 0 Å². The maximum absolute atomic E-state index is 5.83. The molecule has 0 aromatic heterocycles. The third-order valence-electron chi connectivity index (χ3n) is 4.29. The van der Waals surface area contributed by atoms with Crippen molar-refractivity contribution in [3.63, 3.8) is 0 Å². The van der Waals surface area contributed by atoms with Crippen LogP contribution in [-0.2, 0) is 9.47 Å². The van der Waals surface area contributed by atoms with Crippen LogP contribution < -0.4 is 0 Å². The smallest absolute Gasteiger partial charge is 0.166 e.